The summed E-state index contributed by atoms with van der Waals surface area (Å²) in [7, 11) is 0. The highest BCUT2D eigenvalue weighted by Crippen LogP contribution is 2.35. The number of aliphatic hydroxyl groups excluding tert-OH is 1. The van der Waals surface area contributed by atoms with E-state index in [2.05, 4.69) is 5.32 Å². The van der Waals surface area contributed by atoms with Crippen molar-refractivity contribution in [1.82, 2.24) is 0 Å². The molecule has 6 nitrogen and oxygen atoms in total. The number of alkyl halides is 3. The van der Waals surface area contributed by atoms with E-state index in [0.29, 0.717) is 18.6 Å². The van der Waals surface area contributed by atoms with E-state index in [4.69, 9.17) is 4.74 Å². The second-order valence-electron chi connectivity index (χ2n) is 5.50. The molecule has 128 valence electrons. The summed E-state index contributed by atoms with van der Waals surface area (Å²) < 4.78 is 43.0. The Morgan fingerprint density at radius 3 is 2.70 bits per heavy atom. The molecule has 0 spiro atoms. The molecule has 1 aromatic carbocycles. The minimum Gasteiger partial charge on any atom is -0.389 e. The zero-order valence-electron chi connectivity index (χ0n) is 12.2. The largest absolute Gasteiger partial charge is 0.416 e. The Labute approximate surface area is 130 Å². The van der Waals surface area contributed by atoms with Crippen molar-refractivity contribution in [1.29, 1.82) is 0 Å². The van der Waals surface area contributed by atoms with Crippen LogP contribution in [0.4, 0.5) is 24.5 Å². The number of halogens is 3. The lowest BCUT2D eigenvalue weighted by atomic mass is 10.1. The Balaban J connectivity index is 1.93. The summed E-state index contributed by atoms with van der Waals surface area (Å²) in [6, 6.07) is 2.21. The van der Waals surface area contributed by atoms with Gasteiger partial charge in [0.25, 0.3) is 5.69 Å². The quantitative estimate of drug-likeness (QED) is 0.564. The van der Waals surface area contributed by atoms with Gasteiger partial charge < -0.3 is 15.2 Å². The highest BCUT2D eigenvalue weighted by molar-refractivity contribution is 5.63. The van der Waals surface area contributed by atoms with Crippen LogP contribution in [-0.2, 0) is 10.9 Å². The van der Waals surface area contributed by atoms with Crippen molar-refractivity contribution in [2.45, 2.75) is 25.1 Å². The molecule has 2 N–H and O–H groups in total. The summed E-state index contributed by atoms with van der Waals surface area (Å²) in [5.74, 6) is 0.547. The summed E-state index contributed by atoms with van der Waals surface area (Å²) in [5, 5.41) is 23.2. The van der Waals surface area contributed by atoms with Crippen LogP contribution in [0.2, 0.25) is 0 Å². The fourth-order valence-corrected chi connectivity index (χ4v) is 1.95. The fraction of sp³-hybridized carbons (Fsp3) is 0.571. The third-order valence-corrected chi connectivity index (χ3v) is 3.41. The van der Waals surface area contributed by atoms with E-state index in [1.165, 1.54) is 0 Å². The van der Waals surface area contributed by atoms with Gasteiger partial charge in [0.1, 0.15) is 5.69 Å². The maximum atomic E-state index is 12.6. The van der Waals surface area contributed by atoms with Crippen LogP contribution in [0.5, 0.6) is 0 Å². The molecule has 1 aromatic rings. The number of ether oxygens (including phenoxy) is 1. The lowest BCUT2D eigenvalue weighted by molar-refractivity contribution is -0.384. The molecule has 0 heterocycles. The molecule has 23 heavy (non-hydrogen) atoms. The number of nitro benzene ring substituents is 1. The van der Waals surface area contributed by atoms with Gasteiger partial charge in [0.2, 0.25) is 0 Å². The van der Waals surface area contributed by atoms with Gasteiger partial charge in [0, 0.05) is 19.2 Å². The van der Waals surface area contributed by atoms with Crippen LogP contribution in [0.3, 0.4) is 0 Å². The Kier molecular flexibility index (Phi) is 5.42. The predicted octanol–water partition coefficient (Wildman–Crippen LogP) is 2.81. The molecule has 1 atom stereocenters. The van der Waals surface area contributed by atoms with E-state index < -0.39 is 28.5 Å². The van der Waals surface area contributed by atoms with Gasteiger partial charge in [0.15, 0.2) is 0 Å². The van der Waals surface area contributed by atoms with Crippen molar-refractivity contribution in [3.8, 4) is 0 Å². The first-order valence-electron chi connectivity index (χ1n) is 7.12. The van der Waals surface area contributed by atoms with Crippen molar-refractivity contribution in [2.75, 3.05) is 25.1 Å². The fourth-order valence-electron chi connectivity index (χ4n) is 1.95. The molecular weight excluding hydrogens is 317 g/mol. The summed E-state index contributed by atoms with van der Waals surface area (Å²) in [6.45, 7) is 0.576. The number of hydrogen-bond donors (Lipinski definition) is 2. The lowest BCUT2D eigenvalue weighted by Gasteiger charge is -2.14. The number of aliphatic hydroxyl groups is 1. The van der Waals surface area contributed by atoms with E-state index in [0.717, 1.165) is 25.0 Å². The van der Waals surface area contributed by atoms with Crippen LogP contribution in [0.15, 0.2) is 18.2 Å². The van der Waals surface area contributed by atoms with Crippen LogP contribution < -0.4 is 5.32 Å². The molecule has 0 amide bonds. The maximum absolute atomic E-state index is 12.6. The van der Waals surface area contributed by atoms with Crippen molar-refractivity contribution < 1.29 is 27.9 Å². The summed E-state index contributed by atoms with van der Waals surface area (Å²) >= 11 is 0. The van der Waals surface area contributed by atoms with Crippen molar-refractivity contribution >= 4 is 11.4 Å². The van der Waals surface area contributed by atoms with Gasteiger partial charge in [-0.1, -0.05) is 0 Å². The molecule has 0 aromatic heterocycles. The van der Waals surface area contributed by atoms with Crippen molar-refractivity contribution in [2.24, 2.45) is 5.92 Å². The number of nitro groups is 1. The molecule has 1 aliphatic carbocycles. The number of benzene rings is 1. The molecule has 0 radical (unpaired) electrons. The van der Waals surface area contributed by atoms with Gasteiger partial charge in [-0.15, -0.1) is 0 Å². The van der Waals surface area contributed by atoms with Crippen LogP contribution >= 0.6 is 0 Å². The Bertz CT molecular complexity index is 561. The average molecular weight is 334 g/mol. The summed E-state index contributed by atoms with van der Waals surface area (Å²) in [4.78, 5) is 10.0. The van der Waals surface area contributed by atoms with Crippen molar-refractivity contribution in [3.63, 3.8) is 0 Å². The second-order valence-corrected chi connectivity index (χ2v) is 5.50. The second kappa shape index (κ2) is 7.14. The topological polar surface area (TPSA) is 84.6 Å². The summed E-state index contributed by atoms with van der Waals surface area (Å²) in [5.41, 5.74) is -1.86. The summed E-state index contributed by atoms with van der Waals surface area (Å²) in [6.07, 6.45) is -3.33. The molecule has 0 bridgehead atoms. The van der Waals surface area contributed by atoms with Gasteiger partial charge in [-0.25, -0.2) is 0 Å². The minimum absolute atomic E-state index is 0.0587. The number of nitrogens with one attached hydrogen (secondary N) is 1. The SMILES string of the molecule is O=[N+]([O-])c1cc(C(F)(F)F)ccc1NC[C@@H](O)COCC1CC1. The Morgan fingerprint density at radius 1 is 1.43 bits per heavy atom. The normalized spacial score (nSPS) is 16.2. The van der Waals surface area contributed by atoms with Crippen LogP contribution in [0.1, 0.15) is 18.4 Å². The third-order valence-electron chi connectivity index (χ3n) is 3.41. The average Bonchev–Trinajstić information content (AvgIpc) is 3.28. The molecule has 1 saturated carbocycles. The van der Waals surface area contributed by atoms with E-state index in [9.17, 15) is 28.4 Å². The lowest BCUT2D eigenvalue weighted by Crippen LogP contribution is -2.25. The van der Waals surface area contributed by atoms with E-state index in [-0.39, 0.29) is 18.8 Å². The monoisotopic (exact) mass is 334 g/mol. The Hall–Kier alpha value is -1.87. The minimum atomic E-state index is -4.65. The van der Waals surface area contributed by atoms with Gasteiger partial charge in [-0.3, -0.25) is 10.1 Å². The molecule has 0 saturated heterocycles. The van der Waals surface area contributed by atoms with Crippen LogP contribution in [-0.4, -0.2) is 35.9 Å². The van der Waals surface area contributed by atoms with Gasteiger partial charge in [0.05, 0.1) is 23.2 Å². The maximum Gasteiger partial charge on any atom is 0.416 e. The standard InChI is InChI=1S/C14H17F3N2O4/c15-14(16,17)10-3-4-12(13(5-10)19(21)22)18-6-11(20)8-23-7-9-1-2-9/h3-5,9,11,18,20H,1-2,6-8H2/t11-/m1/s1. The Morgan fingerprint density at radius 2 is 2.13 bits per heavy atom. The molecule has 1 fully saturated rings. The predicted molar refractivity (Wildman–Crippen MR) is 76.1 cm³/mol. The molecule has 0 unspecified atom stereocenters. The molecule has 1 aliphatic rings. The highest BCUT2D eigenvalue weighted by Gasteiger charge is 2.33. The first-order chi connectivity index (χ1) is 10.8. The van der Waals surface area contributed by atoms with Gasteiger partial charge >= 0.3 is 6.18 Å². The van der Waals surface area contributed by atoms with E-state index in [1.807, 2.05) is 0 Å². The molecular formula is C14H17F3N2O4. The number of rotatable bonds is 8. The van der Waals surface area contributed by atoms with Crippen molar-refractivity contribution in [3.05, 3.63) is 33.9 Å². The van der Waals surface area contributed by atoms with Crippen LogP contribution in [0, 0.1) is 16.0 Å². The van der Waals surface area contributed by atoms with Crippen LogP contribution in [0.25, 0.3) is 0 Å². The first kappa shape index (κ1) is 17.5. The zero-order chi connectivity index (χ0) is 17.0. The van der Waals surface area contributed by atoms with Gasteiger partial charge in [-0.2, -0.15) is 13.2 Å². The number of anilines is 1. The molecule has 2 rings (SSSR count). The van der Waals surface area contributed by atoms with E-state index in [1.54, 1.807) is 0 Å². The molecule has 0 aliphatic heterocycles. The third kappa shape index (κ3) is 5.36. The zero-order valence-corrected chi connectivity index (χ0v) is 12.2. The molecule has 9 heteroatoms. The first-order valence-corrected chi connectivity index (χ1v) is 7.12. The van der Waals surface area contributed by atoms with E-state index >= 15 is 0 Å². The van der Waals surface area contributed by atoms with Gasteiger partial charge in [-0.05, 0) is 30.9 Å². The highest BCUT2D eigenvalue weighted by atomic mass is 19.4. The smallest absolute Gasteiger partial charge is 0.389 e. The number of nitrogens with zero attached hydrogens (tertiary/aromatic N) is 1. The number of hydrogen-bond acceptors (Lipinski definition) is 5.